The molecule has 0 heterocycles. The topological polar surface area (TPSA) is 57.9 Å². The maximum atomic E-state index is 11.2. The Morgan fingerprint density at radius 2 is 2.14 bits per heavy atom. The van der Waals surface area contributed by atoms with Crippen LogP contribution in [0.1, 0.15) is 38.8 Å². The zero-order chi connectivity index (χ0) is 10.7. The van der Waals surface area contributed by atoms with Crippen molar-refractivity contribution in [3.05, 3.63) is 34.4 Å². The largest absolute Gasteiger partial charge is 0.298 e. The molecule has 14 heavy (non-hydrogen) atoms. The van der Waals surface area contributed by atoms with Crippen LogP contribution in [0.2, 0.25) is 0 Å². The van der Waals surface area contributed by atoms with Crippen molar-refractivity contribution < 1.29 is 9.59 Å². The van der Waals surface area contributed by atoms with Gasteiger partial charge in [-0.05, 0) is 31.5 Å². The van der Waals surface area contributed by atoms with Crippen molar-refractivity contribution in [2.75, 3.05) is 0 Å². The molecule has 0 N–H and O–H groups in total. The van der Waals surface area contributed by atoms with Crippen molar-refractivity contribution in [3.63, 3.8) is 0 Å². The summed E-state index contributed by atoms with van der Waals surface area (Å²) in [5, 5.41) is 8.79. The predicted octanol–water partition coefficient (Wildman–Crippen LogP) is 1.88. The summed E-state index contributed by atoms with van der Waals surface area (Å²) >= 11 is 0. The highest BCUT2D eigenvalue weighted by molar-refractivity contribution is 6.03. The lowest BCUT2D eigenvalue weighted by Gasteiger charge is -2.04. The summed E-state index contributed by atoms with van der Waals surface area (Å²) in [7, 11) is 0. The van der Waals surface area contributed by atoms with Crippen LogP contribution >= 0.6 is 0 Å². The maximum absolute atomic E-state index is 11.2. The molecule has 1 rings (SSSR count). The summed E-state index contributed by atoms with van der Waals surface area (Å²) in [5.74, 6) is -0.261. The van der Waals surface area contributed by atoms with Gasteiger partial charge in [0.15, 0.2) is 12.1 Å². The van der Waals surface area contributed by atoms with Gasteiger partial charge in [-0.3, -0.25) is 9.59 Å². The van der Waals surface area contributed by atoms with E-state index in [1.165, 1.54) is 6.92 Å². The molecule has 0 radical (unpaired) electrons. The molecule has 0 amide bonds. The third-order valence-electron chi connectivity index (χ3n) is 1.91. The van der Waals surface area contributed by atoms with E-state index in [-0.39, 0.29) is 22.5 Å². The minimum absolute atomic E-state index is 0.216. The average molecular weight is 187 g/mol. The van der Waals surface area contributed by atoms with Crippen molar-refractivity contribution in [1.82, 2.24) is 0 Å². The lowest BCUT2D eigenvalue weighted by atomic mass is 9.97. The molecule has 0 saturated carbocycles. The molecule has 0 aliphatic rings. The molecule has 3 heteroatoms. The number of hydrogen-bond acceptors (Lipinski definition) is 3. The summed E-state index contributed by atoms with van der Waals surface area (Å²) in [6.07, 6.45) is 0.602. The van der Waals surface area contributed by atoms with Crippen LogP contribution in [-0.2, 0) is 0 Å². The van der Waals surface area contributed by atoms with E-state index in [1.807, 2.05) is 6.07 Å². The van der Waals surface area contributed by atoms with Crippen LogP contribution < -0.4 is 0 Å². The second-order valence-corrected chi connectivity index (χ2v) is 3.06. The highest BCUT2D eigenvalue weighted by atomic mass is 16.1. The van der Waals surface area contributed by atoms with Crippen molar-refractivity contribution in [2.24, 2.45) is 0 Å². The van der Waals surface area contributed by atoms with Crippen molar-refractivity contribution in [2.45, 2.75) is 13.8 Å². The molecule has 1 aromatic rings. The summed E-state index contributed by atoms with van der Waals surface area (Å²) in [5.41, 5.74) is 1.57. The molecule has 0 atom stereocenters. The smallest absolute Gasteiger partial charge is 0.161 e. The van der Waals surface area contributed by atoms with E-state index in [9.17, 15) is 9.59 Å². The quantitative estimate of drug-likeness (QED) is 0.524. The number of nitrogens with zero attached hydrogens (tertiary/aromatic N) is 1. The molecule has 0 aromatic heterocycles. The van der Waals surface area contributed by atoms with Crippen LogP contribution in [-0.4, -0.2) is 12.1 Å². The number of nitriles is 1. The number of ketones is 1. The van der Waals surface area contributed by atoms with Gasteiger partial charge in [0.05, 0.1) is 11.6 Å². The van der Waals surface area contributed by atoms with Gasteiger partial charge in [0, 0.05) is 11.1 Å². The Morgan fingerprint density at radius 1 is 1.50 bits per heavy atom. The van der Waals surface area contributed by atoms with Crippen LogP contribution in [0.15, 0.2) is 12.1 Å². The first-order chi connectivity index (χ1) is 6.60. The second kappa shape index (κ2) is 3.84. The van der Waals surface area contributed by atoms with E-state index >= 15 is 0 Å². The number of hydrogen-bond donors (Lipinski definition) is 0. The lowest BCUT2D eigenvalue weighted by Crippen LogP contribution is -2.03. The Bertz CT molecular complexity index is 441. The highest BCUT2D eigenvalue weighted by Crippen LogP contribution is 2.16. The van der Waals surface area contributed by atoms with E-state index in [2.05, 4.69) is 0 Å². The van der Waals surface area contributed by atoms with E-state index in [1.54, 1.807) is 19.1 Å². The van der Waals surface area contributed by atoms with Crippen LogP contribution in [0.25, 0.3) is 0 Å². The number of aryl methyl sites for hydroxylation is 1. The minimum Gasteiger partial charge on any atom is -0.298 e. The van der Waals surface area contributed by atoms with Crippen molar-refractivity contribution in [1.29, 1.82) is 5.26 Å². The first-order valence-corrected chi connectivity index (χ1v) is 4.11. The molecule has 0 fully saturated rings. The predicted molar refractivity (Wildman–Crippen MR) is 51.3 cm³/mol. The Morgan fingerprint density at radius 3 is 2.57 bits per heavy atom. The average Bonchev–Trinajstić information content (AvgIpc) is 2.15. The molecular weight excluding hydrogens is 178 g/mol. The van der Waals surface area contributed by atoms with E-state index in [4.69, 9.17) is 5.26 Å². The highest BCUT2D eigenvalue weighted by Gasteiger charge is 2.12. The van der Waals surface area contributed by atoms with Gasteiger partial charge >= 0.3 is 0 Å². The van der Waals surface area contributed by atoms with Crippen LogP contribution in [0, 0.1) is 18.3 Å². The molecule has 0 saturated heterocycles. The number of carbonyl (C=O) groups excluding carboxylic acids is 2. The van der Waals surface area contributed by atoms with Gasteiger partial charge in [-0.1, -0.05) is 0 Å². The Hall–Kier alpha value is -1.95. The van der Waals surface area contributed by atoms with Gasteiger partial charge in [-0.15, -0.1) is 0 Å². The van der Waals surface area contributed by atoms with Crippen molar-refractivity contribution >= 4 is 12.1 Å². The number of Topliss-reactive ketones (excluding diaryl/α,β-unsaturated/α-hetero) is 1. The molecule has 0 unspecified atom stereocenters. The van der Waals surface area contributed by atoms with Gasteiger partial charge in [-0.25, -0.2) is 0 Å². The lowest BCUT2D eigenvalue weighted by molar-refractivity contribution is 0.100. The number of aldehydes is 1. The molecule has 0 aliphatic heterocycles. The standard InChI is InChI=1S/C11H9NO2/c1-7-3-9(5-12)11(8(2)14)10(4-7)6-13/h3-4,6H,1-2H3. The number of carbonyl (C=O) groups is 2. The van der Waals surface area contributed by atoms with Gasteiger partial charge in [0.25, 0.3) is 0 Å². The fourth-order valence-electron chi connectivity index (χ4n) is 1.39. The van der Waals surface area contributed by atoms with E-state index < -0.39 is 0 Å². The maximum Gasteiger partial charge on any atom is 0.161 e. The fraction of sp³-hybridized carbons (Fsp3) is 0.182. The van der Waals surface area contributed by atoms with Crippen LogP contribution in [0.4, 0.5) is 0 Å². The van der Waals surface area contributed by atoms with Gasteiger partial charge in [0.1, 0.15) is 0 Å². The summed E-state index contributed by atoms with van der Waals surface area (Å²) < 4.78 is 0. The molecule has 0 aliphatic carbocycles. The number of rotatable bonds is 2. The van der Waals surface area contributed by atoms with Gasteiger partial charge in [0.2, 0.25) is 0 Å². The van der Waals surface area contributed by atoms with E-state index in [0.717, 1.165) is 5.56 Å². The molecule has 0 spiro atoms. The Kier molecular flexibility index (Phi) is 2.78. The molecule has 0 bridgehead atoms. The van der Waals surface area contributed by atoms with Crippen LogP contribution in [0.3, 0.4) is 0 Å². The van der Waals surface area contributed by atoms with Gasteiger partial charge < -0.3 is 0 Å². The Balaban J connectivity index is 3.58. The SMILES string of the molecule is CC(=O)c1c(C#N)cc(C)cc1C=O. The first-order valence-electron chi connectivity index (χ1n) is 4.11. The summed E-state index contributed by atoms with van der Waals surface area (Å²) in [6, 6.07) is 5.12. The monoisotopic (exact) mass is 187 g/mol. The molecule has 1 aromatic carbocycles. The van der Waals surface area contributed by atoms with Gasteiger partial charge in [-0.2, -0.15) is 5.26 Å². The summed E-state index contributed by atoms with van der Waals surface area (Å²) in [4.78, 5) is 21.9. The van der Waals surface area contributed by atoms with Crippen molar-refractivity contribution in [3.8, 4) is 6.07 Å². The molecule has 3 nitrogen and oxygen atoms in total. The zero-order valence-corrected chi connectivity index (χ0v) is 8.00. The van der Waals surface area contributed by atoms with E-state index in [0.29, 0.717) is 6.29 Å². The minimum atomic E-state index is -0.261. The summed E-state index contributed by atoms with van der Waals surface area (Å²) in [6.45, 7) is 3.12. The Labute approximate surface area is 82.0 Å². The fourth-order valence-corrected chi connectivity index (χ4v) is 1.39. The number of benzene rings is 1. The molecular formula is C11H9NO2. The zero-order valence-electron chi connectivity index (χ0n) is 8.00. The second-order valence-electron chi connectivity index (χ2n) is 3.06. The third kappa shape index (κ3) is 1.69. The third-order valence-corrected chi connectivity index (χ3v) is 1.91. The van der Waals surface area contributed by atoms with Crippen LogP contribution in [0.5, 0.6) is 0 Å². The first kappa shape index (κ1) is 10.1. The molecule has 70 valence electrons. The normalized spacial score (nSPS) is 9.21.